The molecule has 0 spiro atoms. The van der Waals surface area contributed by atoms with Crippen LogP contribution >= 0.6 is 0 Å². The molecule has 1 unspecified atom stereocenters. The summed E-state index contributed by atoms with van der Waals surface area (Å²) < 4.78 is 39.8. The maximum atomic E-state index is 13.3. The van der Waals surface area contributed by atoms with Gasteiger partial charge in [-0.3, -0.25) is 20.1 Å². The number of aryl methyl sites for hydroxylation is 1. The first-order valence-electron chi connectivity index (χ1n) is 9.84. The summed E-state index contributed by atoms with van der Waals surface area (Å²) in [7, 11) is 0. The standard InChI is InChI=1S/C23H20F3N3O3/c1-13-7-20-21(10-18(13)23(24,25)26)28-22(31)11-19(27-20)16-4-2-3-14(8-16)15-5-6-29(32)17(9-15)12-30/h2-10,17,30,32H,11-12H2,1H3,(H,28,31). The molecule has 0 aliphatic carbocycles. The van der Waals surface area contributed by atoms with Crippen molar-refractivity contribution >= 4 is 28.6 Å². The van der Waals surface area contributed by atoms with Crippen LogP contribution in [0.15, 0.2) is 59.7 Å². The number of aliphatic hydroxyl groups excluding tert-OH is 1. The number of amides is 1. The molecule has 0 fully saturated rings. The van der Waals surface area contributed by atoms with Crippen molar-refractivity contribution in [3.05, 3.63) is 77.0 Å². The van der Waals surface area contributed by atoms with E-state index in [0.29, 0.717) is 11.3 Å². The minimum Gasteiger partial charge on any atom is -0.394 e. The highest BCUT2D eigenvalue weighted by Crippen LogP contribution is 2.39. The molecule has 3 N–H and O–H groups in total. The number of nitrogens with one attached hydrogen (secondary N) is 1. The lowest BCUT2D eigenvalue weighted by Gasteiger charge is -2.24. The Bertz CT molecular complexity index is 1170. The van der Waals surface area contributed by atoms with Gasteiger partial charge in [0.25, 0.3) is 0 Å². The third-order valence-electron chi connectivity index (χ3n) is 5.34. The molecule has 2 heterocycles. The van der Waals surface area contributed by atoms with Gasteiger partial charge in [-0.2, -0.15) is 13.2 Å². The SMILES string of the molecule is Cc1cc2c(cc1C(F)(F)F)NC(=O)CC(c1cccc(C3=CC(CO)N(O)C=C3)c1)=N2. The molecule has 0 saturated heterocycles. The topological polar surface area (TPSA) is 85.2 Å². The van der Waals surface area contributed by atoms with Crippen molar-refractivity contribution in [3.8, 4) is 0 Å². The number of carbonyl (C=O) groups is 1. The van der Waals surface area contributed by atoms with Gasteiger partial charge in [-0.05, 0) is 59.5 Å². The lowest BCUT2D eigenvalue weighted by Crippen LogP contribution is -2.31. The number of benzene rings is 2. The molecule has 9 heteroatoms. The molecular weight excluding hydrogens is 423 g/mol. The number of anilines is 1. The largest absolute Gasteiger partial charge is 0.416 e. The number of allylic oxidation sites excluding steroid dienone is 2. The summed E-state index contributed by atoms with van der Waals surface area (Å²) in [5, 5.41) is 22.6. The molecule has 0 bridgehead atoms. The molecule has 4 rings (SSSR count). The Kier molecular flexibility index (Phi) is 5.62. The molecular formula is C23H20F3N3O3. The van der Waals surface area contributed by atoms with Gasteiger partial charge < -0.3 is 10.4 Å². The van der Waals surface area contributed by atoms with Crippen LogP contribution in [0.5, 0.6) is 0 Å². The van der Waals surface area contributed by atoms with Crippen LogP contribution in [0, 0.1) is 6.92 Å². The zero-order chi connectivity index (χ0) is 23.0. The molecule has 0 aromatic heterocycles. The maximum absolute atomic E-state index is 13.3. The number of fused-ring (bicyclic) bond motifs is 1. The van der Waals surface area contributed by atoms with Crippen LogP contribution in [-0.4, -0.2) is 39.6 Å². The number of halogens is 3. The molecule has 2 aliphatic heterocycles. The molecule has 2 aliphatic rings. The molecule has 2 aromatic rings. The number of aliphatic imine (C=N–C) groups is 1. The number of aliphatic hydroxyl groups is 1. The lowest BCUT2D eigenvalue weighted by atomic mass is 9.97. The zero-order valence-electron chi connectivity index (χ0n) is 17.0. The van der Waals surface area contributed by atoms with E-state index < -0.39 is 23.7 Å². The number of hydrogen-bond acceptors (Lipinski definition) is 5. The Labute approximate surface area is 182 Å². The fraction of sp³-hybridized carbons (Fsp3) is 0.217. The number of hydrogen-bond donors (Lipinski definition) is 3. The van der Waals surface area contributed by atoms with Crippen LogP contribution in [0.25, 0.3) is 5.57 Å². The highest BCUT2D eigenvalue weighted by molar-refractivity contribution is 6.17. The summed E-state index contributed by atoms with van der Waals surface area (Å²) in [4.78, 5) is 16.9. The highest BCUT2D eigenvalue weighted by atomic mass is 19.4. The van der Waals surface area contributed by atoms with Gasteiger partial charge in [0, 0.05) is 6.20 Å². The summed E-state index contributed by atoms with van der Waals surface area (Å²) in [6, 6.07) is 8.85. The quantitative estimate of drug-likeness (QED) is 0.655. The Morgan fingerprint density at radius 1 is 1.22 bits per heavy atom. The molecule has 2 aromatic carbocycles. The minimum atomic E-state index is -4.53. The van der Waals surface area contributed by atoms with Crippen LogP contribution in [0.2, 0.25) is 0 Å². The fourth-order valence-corrected chi connectivity index (χ4v) is 3.70. The van der Waals surface area contributed by atoms with E-state index in [1.54, 1.807) is 24.3 Å². The Morgan fingerprint density at radius 2 is 1.97 bits per heavy atom. The van der Waals surface area contributed by atoms with Gasteiger partial charge in [0.05, 0.1) is 41.7 Å². The number of hydroxylamine groups is 2. The minimum absolute atomic E-state index is 0.0188. The first kappa shape index (κ1) is 21.8. The molecule has 6 nitrogen and oxygen atoms in total. The van der Waals surface area contributed by atoms with Crippen LogP contribution in [0.3, 0.4) is 0 Å². The number of rotatable bonds is 3. The van der Waals surface area contributed by atoms with Crippen molar-refractivity contribution in [2.45, 2.75) is 25.6 Å². The molecule has 1 amide bonds. The second kappa shape index (κ2) is 8.25. The van der Waals surface area contributed by atoms with E-state index in [2.05, 4.69) is 10.3 Å². The predicted octanol–water partition coefficient (Wildman–Crippen LogP) is 4.44. The summed E-state index contributed by atoms with van der Waals surface area (Å²) in [5.74, 6) is -0.460. The molecule has 166 valence electrons. The van der Waals surface area contributed by atoms with Crippen molar-refractivity contribution < 1.29 is 28.3 Å². The summed E-state index contributed by atoms with van der Waals surface area (Å²) >= 11 is 0. The molecule has 1 atom stereocenters. The molecule has 32 heavy (non-hydrogen) atoms. The van der Waals surface area contributed by atoms with E-state index in [0.717, 1.165) is 22.3 Å². The highest BCUT2D eigenvalue weighted by Gasteiger charge is 2.34. The van der Waals surface area contributed by atoms with Crippen molar-refractivity contribution in [1.29, 1.82) is 0 Å². The van der Waals surface area contributed by atoms with Gasteiger partial charge in [0.15, 0.2) is 0 Å². The van der Waals surface area contributed by atoms with Crippen LogP contribution < -0.4 is 5.32 Å². The van der Waals surface area contributed by atoms with Crippen LogP contribution in [-0.2, 0) is 11.0 Å². The Balaban J connectivity index is 1.75. The Morgan fingerprint density at radius 3 is 2.69 bits per heavy atom. The Hall–Kier alpha value is -3.43. The van der Waals surface area contributed by atoms with Crippen molar-refractivity contribution in [2.75, 3.05) is 11.9 Å². The average Bonchev–Trinajstić information content (AvgIpc) is 2.90. The molecule has 0 saturated carbocycles. The van der Waals surface area contributed by atoms with Crippen molar-refractivity contribution in [1.82, 2.24) is 5.06 Å². The smallest absolute Gasteiger partial charge is 0.394 e. The van der Waals surface area contributed by atoms with Gasteiger partial charge in [-0.25, -0.2) is 0 Å². The van der Waals surface area contributed by atoms with Crippen molar-refractivity contribution in [2.24, 2.45) is 4.99 Å². The third-order valence-corrected chi connectivity index (χ3v) is 5.34. The van der Waals surface area contributed by atoms with E-state index in [9.17, 15) is 28.3 Å². The number of alkyl halides is 3. The molecule has 0 radical (unpaired) electrons. The van der Waals surface area contributed by atoms with Gasteiger partial charge in [0.2, 0.25) is 5.91 Å². The van der Waals surface area contributed by atoms with E-state index in [1.807, 2.05) is 12.1 Å². The van der Waals surface area contributed by atoms with Gasteiger partial charge >= 0.3 is 6.18 Å². The number of nitrogens with zero attached hydrogens (tertiary/aromatic N) is 2. The maximum Gasteiger partial charge on any atom is 0.416 e. The second-order valence-electron chi connectivity index (χ2n) is 7.61. The fourth-order valence-electron chi connectivity index (χ4n) is 3.70. The van der Waals surface area contributed by atoms with E-state index in [4.69, 9.17) is 0 Å². The number of carbonyl (C=O) groups excluding carboxylic acids is 1. The monoisotopic (exact) mass is 443 g/mol. The predicted molar refractivity (Wildman–Crippen MR) is 114 cm³/mol. The average molecular weight is 443 g/mol. The van der Waals surface area contributed by atoms with Crippen molar-refractivity contribution in [3.63, 3.8) is 0 Å². The third kappa shape index (κ3) is 4.30. The first-order valence-corrected chi connectivity index (χ1v) is 9.84. The zero-order valence-corrected chi connectivity index (χ0v) is 17.0. The van der Waals surface area contributed by atoms with E-state index >= 15 is 0 Å². The van der Waals surface area contributed by atoms with Gasteiger partial charge in [-0.15, -0.1) is 0 Å². The second-order valence-corrected chi connectivity index (χ2v) is 7.61. The van der Waals surface area contributed by atoms with Gasteiger partial charge in [-0.1, -0.05) is 18.2 Å². The van der Waals surface area contributed by atoms with Crippen LogP contribution in [0.1, 0.15) is 28.7 Å². The van der Waals surface area contributed by atoms with Gasteiger partial charge in [0.1, 0.15) is 0 Å². The van der Waals surface area contributed by atoms with E-state index in [-0.39, 0.29) is 30.0 Å². The normalized spacial score (nSPS) is 18.5. The summed E-state index contributed by atoms with van der Waals surface area (Å²) in [5.41, 5.74) is 2.09. The lowest BCUT2D eigenvalue weighted by molar-refractivity contribution is -0.138. The summed E-state index contributed by atoms with van der Waals surface area (Å²) in [6.45, 7) is 1.09. The first-order chi connectivity index (χ1) is 15.2. The van der Waals surface area contributed by atoms with Crippen LogP contribution in [0.4, 0.5) is 24.5 Å². The summed E-state index contributed by atoms with van der Waals surface area (Å²) in [6.07, 6.45) is 0.199. The van der Waals surface area contributed by atoms with E-state index in [1.165, 1.54) is 19.2 Å².